The van der Waals surface area contributed by atoms with Gasteiger partial charge >= 0.3 is 6.16 Å². The highest BCUT2D eigenvalue weighted by atomic mass is 16.7. The summed E-state index contributed by atoms with van der Waals surface area (Å²) in [5.41, 5.74) is 0. The third kappa shape index (κ3) is 5.10. The normalized spacial score (nSPS) is 11.1. The number of carbonyl (C=O) groups excluding carboxylic acids is 1. The summed E-state index contributed by atoms with van der Waals surface area (Å²) in [5, 5.41) is 0. The van der Waals surface area contributed by atoms with Gasteiger partial charge in [0, 0.05) is 0 Å². The monoisotopic (exact) mass is 202 g/mol. The van der Waals surface area contributed by atoms with Gasteiger partial charge in [0.1, 0.15) is 6.10 Å². The molecule has 0 unspecified atom stereocenters. The SMILES string of the molecule is CCCOC(=O)OC(C(C)C)C(C)C. The van der Waals surface area contributed by atoms with Crippen LogP contribution < -0.4 is 0 Å². The van der Waals surface area contributed by atoms with Gasteiger partial charge in [0.25, 0.3) is 0 Å². The molecule has 0 heterocycles. The molecule has 3 heteroatoms. The minimum absolute atomic E-state index is 0.0562. The third-order valence-corrected chi connectivity index (χ3v) is 1.97. The summed E-state index contributed by atoms with van der Waals surface area (Å²) in [7, 11) is 0. The van der Waals surface area contributed by atoms with E-state index >= 15 is 0 Å². The standard InChI is InChI=1S/C11H22O3/c1-6-7-13-11(12)14-10(8(2)3)9(4)5/h8-10H,6-7H2,1-5H3. The molecule has 0 amide bonds. The van der Waals surface area contributed by atoms with E-state index in [1.54, 1.807) is 0 Å². The summed E-state index contributed by atoms with van der Waals surface area (Å²) >= 11 is 0. The quantitative estimate of drug-likeness (QED) is 0.642. The van der Waals surface area contributed by atoms with Crippen LogP contribution in [0.3, 0.4) is 0 Å². The molecule has 0 radical (unpaired) electrons. The molecule has 0 N–H and O–H groups in total. The van der Waals surface area contributed by atoms with Crippen molar-refractivity contribution in [1.82, 2.24) is 0 Å². The summed E-state index contributed by atoms with van der Waals surface area (Å²) in [6.07, 6.45) is 0.224. The molecule has 0 aromatic rings. The fraction of sp³-hybridized carbons (Fsp3) is 0.909. The van der Waals surface area contributed by atoms with E-state index in [0.717, 1.165) is 6.42 Å². The zero-order valence-electron chi connectivity index (χ0n) is 9.87. The van der Waals surface area contributed by atoms with Crippen molar-refractivity contribution in [2.45, 2.75) is 47.1 Å². The van der Waals surface area contributed by atoms with Crippen molar-refractivity contribution in [1.29, 1.82) is 0 Å². The predicted octanol–water partition coefficient (Wildman–Crippen LogP) is 3.23. The molecule has 0 spiro atoms. The average Bonchev–Trinajstić information content (AvgIpc) is 2.09. The first kappa shape index (κ1) is 13.3. The predicted molar refractivity (Wildman–Crippen MR) is 56.2 cm³/mol. The van der Waals surface area contributed by atoms with Crippen molar-refractivity contribution in [3.8, 4) is 0 Å². The number of hydrogen-bond acceptors (Lipinski definition) is 3. The van der Waals surface area contributed by atoms with Crippen LogP contribution in [0.2, 0.25) is 0 Å². The van der Waals surface area contributed by atoms with E-state index in [9.17, 15) is 4.79 Å². The second-order valence-corrected chi connectivity index (χ2v) is 4.17. The summed E-state index contributed by atoms with van der Waals surface area (Å²) in [6, 6.07) is 0. The Morgan fingerprint density at radius 2 is 1.64 bits per heavy atom. The second-order valence-electron chi connectivity index (χ2n) is 4.17. The van der Waals surface area contributed by atoms with Crippen molar-refractivity contribution in [3.63, 3.8) is 0 Å². The molecule has 0 aliphatic carbocycles. The van der Waals surface area contributed by atoms with Crippen LogP contribution in [0.5, 0.6) is 0 Å². The van der Waals surface area contributed by atoms with Gasteiger partial charge in [0.2, 0.25) is 0 Å². The van der Waals surface area contributed by atoms with Crippen molar-refractivity contribution in [2.24, 2.45) is 11.8 Å². The maximum atomic E-state index is 11.2. The van der Waals surface area contributed by atoms with E-state index in [0.29, 0.717) is 18.4 Å². The third-order valence-electron chi connectivity index (χ3n) is 1.97. The highest BCUT2D eigenvalue weighted by Gasteiger charge is 2.22. The second kappa shape index (κ2) is 6.68. The lowest BCUT2D eigenvalue weighted by Crippen LogP contribution is -2.29. The zero-order chi connectivity index (χ0) is 11.1. The van der Waals surface area contributed by atoms with Crippen molar-refractivity contribution < 1.29 is 14.3 Å². The number of rotatable bonds is 5. The van der Waals surface area contributed by atoms with Crippen LogP contribution in [-0.2, 0) is 9.47 Å². The average molecular weight is 202 g/mol. The molecule has 14 heavy (non-hydrogen) atoms. The van der Waals surface area contributed by atoms with E-state index in [1.165, 1.54) is 0 Å². The zero-order valence-corrected chi connectivity index (χ0v) is 9.87. The Labute approximate surface area is 86.8 Å². The van der Waals surface area contributed by atoms with Gasteiger partial charge in [0.05, 0.1) is 6.61 Å². The van der Waals surface area contributed by atoms with Crippen molar-refractivity contribution in [3.05, 3.63) is 0 Å². The number of carbonyl (C=O) groups is 1. The lowest BCUT2D eigenvalue weighted by molar-refractivity contribution is -0.0104. The first-order valence-corrected chi connectivity index (χ1v) is 5.32. The minimum atomic E-state index is -0.542. The Morgan fingerprint density at radius 1 is 1.14 bits per heavy atom. The molecule has 0 aliphatic heterocycles. The van der Waals surface area contributed by atoms with E-state index in [-0.39, 0.29) is 6.10 Å². The molecular formula is C11H22O3. The first-order valence-electron chi connectivity index (χ1n) is 5.32. The molecule has 0 atom stereocenters. The van der Waals surface area contributed by atoms with Crippen LogP contribution in [0.4, 0.5) is 4.79 Å². The Hall–Kier alpha value is -0.730. The van der Waals surface area contributed by atoms with Gasteiger partial charge in [0.15, 0.2) is 0 Å². The van der Waals surface area contributed by atoms with Crippen LogP contribution in [0, 0.1) is 11.8 Å². The number of hydrogen-bond donors (Lipinski definition) is 0. The minimum Gasteiger partial charge on any atom is -0.434 e. The summed E-state index contributed by atoms with van der Waals surface area (Å²) in [5.74, 6) is 0.647. The molecular weight excluding hydrogens is 180 g/mol. The Bertz CT molecular complexity index is 156. The van der Waals surface area contributed by atoms with Crippen LogP contribution in [-0.4, -0.2) is 18.9 Å². The van der Waals surface area contributed by atoms with Gasteiger partial charge < -0.3 is 9.47 Å². The molecule has 0 saturated heterocycles. The van der Waals surface area contributed by atoms with Crippen LogP contribution in [0.1, 0.15) is 41.0 Å². The van der Waals surface area contributed by atoms with E-state index in [1.807, 2.05) is 34.6 Å². The molecule has 0 aromatic heterocycles. The summed E-state index contributed by atoms with van der Waals surface area (Å²) in [4.78, 5) is 11.2. The molecule has 0 bridgehead atoms. The largest absolute Gasteiger partial charge is 0.508 e. The first-order chi connectivity index (χ1) is 6.49. The van der Waals surface area contributed by atoms with E-state index < -0.39 is 6.16 Å². The maximum Gasteiger partial charge on any atom is 0.508 e. The van der Waals surface area contributed by atoms with Crippen LogP contribution in [0.15, 0.2) is 0 Å². The topological polar surface area (TPSA) is 35.5 Å². The molecule has 0 aliphatic rings. The Morgan fingerprint density at radius 3 is 2.00 bits per heavy atom. The highest BCUT2D eigenvalue weighted by Crippen LogP contribution is 2.16. The summed E-state index contributed by atoms with van der Waals surface area (Å²) < 4.78 is 10.1. The van der Waals surface area contributed by atoms with Crippen LogP contribution >= 0.6 is 0 Å². The lowest BCUT2D eigenvalue weighted by Gasteiger charge is -2.24. The fourth-order valence-electron chi connectivity index (χ4n) is 1.37. The number of ether oxygens (including phenoxy) is 2. The Balaban J connectivity index is 3.97. The van der Waals surface area contributed by atoms with Gasteiger partial charge in [-0.2, -0.15) is 0 Å². The van der Waals surface area contributed by atoms with Crippen molar-refractivity contribution >= 4 is 6.16 Å². The Kier molecular flexibility index (Phi) is 6.34. The van der Waals surface area contributed by atoms with Gasteiger partial charge in [-0.3, -0.25) is 0 Å². The molecule has 0 saturated carbocycles. The molecule has 0 rings (SSSR count). The van der Waals surface area contributed by atoms with Crippen LogP contribution in [0.25, 0.3) is 0 Å². The van der Waals surface area contributed by atoms with Gasteiger partial charge in [-0.1, -0.05) is 34.6 Å². The summed E-state index contributed by atoms with van der Waals surface area (Å²) in [6.45, 7) is 10.5. The van der Waals surface area contributed by atoms with E-state index in [2.05, 4.69) is 0 Å². The molecule has 0 fully saturated rings. The van der Waals surface area contributed by atoms with Gasteiger partial charge in [-0.05, 0) is 18.3 Å². The maximum absolute atomic E-state index is 11.2. The van der Waals surface area contributed by atoms with Gasteiger partial charge in [-0.15, -0.1) is 0 Å². The smallest absolute Gasteiger partial charge is 0.434 e. The highest BCUT2D eigenvalue weighted by molar-refractivity contribution is 5.60. The van der Waals surface area contributed by atoms with Crippen molar-refractivity contribution in [2.75, 3.05) is 6.61 Å². The fourth-order valence-corrected chi connectivity index (χ4v) is 1.37. The molecule has 84 valence electrons. The van der Waals surface area contributed by atoms with E-state index in [4.69, 9.17) is 9.47 Å². The molecule has 0 aromatic carbocycles. The van der Waals surface area contributed by atoms with Gasteiger partial charge in [-0.25, -0.2) is 4.79 Å². The lowest BCUT2D eigenvalue weighted by atomic mass is 9.96. The molecule has 3 nitrogen and oxygen atoms in total.